The second-order valence-corrected chi connectivity index (χ2v) is 6.97. The average molecular weight is 297 g/mol. The topological polar surface area (TPSA) is 63.7 Å². The van der Waals surface area contributed by atoms with E-state index >= 15 is 0 Å². The molecule has 21 heavy (non-hydrogen) atoms. The SMILES string of the molecule is CCC1CCN(C(=O)OC(C)(C)C)CC1C1CC1.O=C=O. The molecule has 1 saturated carbocycles. The van der Waals surface area contributed by atoms with Gasteiger partial charge in [0.2, 0.25) is 0 Å². The number of ether oxygens (including phenoxy) is 1. The molecule has 1 aliphatic carbocycles. The fraction of sp³-hybridized carbons (Fsp3) is 0.875. The molecular formula is C16H27NO4. The Morgan fingerprint density at radius 1 is 1.24 bits per heavy atom. The molecule has 2 atom stereocenters. The summed E-state index contributed by atoms with van der Waals surface area (Å²) in [6.07, 6.45) is 5.26. The molecule has 5 nitrogen and oxygen atoms in total. The zero-order valence-electron chi connectivity index (χ0n) is 13.6. The molecule has 1 saturated heterocycles. The highest BCUT2D eigenvalue weighted by molar-refractivity contribution is 5.68. The molecule has 5 heteroatoms. The van der Waals surface area contributed by atoms with Crippen LogP contribution in [-0.2, 0) is 14.3 Å². The van der Waals surface area contributed by atoms with E-state index in [0.717, 1.165) is 37.3 Å². The fourth-order valence-corrected chi connectivity index (χ4v) is 3.09. The van der Waals surface area contributed by atoms with E-state index in [-0.39, 0.29) is 17.8 Å². The van der Waals surface area contributed by atoms with Crippen LogP contribution in [0.4, 0.5) is 4.79 Å². The van der Waals surface area contributed by atoms with Gasteiger partial charge in [0.1, 0.15) is 5.60 Å². The van der Waals surface area contributed by atoms with Crippen LogP contribution >= 0.6 is 0 Å². The summed E-state index contributed by atoms with van der Waals surface area (Å²) in [4.78, 5) is 30.3. The van der Waals surface area contributed by atoms with E-state index in [1.54, 1.807) is 0 Å². The van der Waals surface area contributed by atoms with Crippen molar-refractivity contribution < 1.29 is 19.1 Å². The monoisotopic (exact) mass is 297 g/mol. The van der Waals surface area contributed by atoms with Gasteiger partial charge in [-0.3, -0.25) is 0 Å². The Balaban J connectivity index is 0.000000677. The molecule has 2 unspecified atom stereocenters. The Labute approximate surface area is 127 Å². The van der Waals surface area contributed by atoms with Crippen LogP contribution in [0.1, 0.15) is 53.4 Å². The van der Waals surface area contributed by atoms with Crippen molar-refractivity contribution in [2.45, 2.75) is 59.0 Å². The number of rotatable bonds is 2. The molecule has 2 aliphatic rings. The Kier molecular flexibility index (Phi) is 6.41. The van der Waals surface area contributed by atoms with Gasteiger partial charge in [0, 0.05) is 13.1 Å². The van der Waals surface area contributed by atoms with Crippen LogP contribution < -0.4 is 0 Å². The predicted molar refractivity (Wildman–Crippen MR) is 77.4 cm³/mol. The van der Waals surface area contributed by atoms with Crippen molar-refractivity contribution in [3.05, 3.63) is 0 Å². The Hall–Kier alpha value is -1.35. The molecule has 0 aromatic heterocycles. The molecule has 0 radical (unpaired) electrons. The van der Waals surface area contributed by atoms with Crippen molar-refractivity contribution in [2.75, 3.05) is 13.1 Å². The number of carbonyl (C=O) groups is 1. The first kappa shape index (κ1) is 17.7. The van der Waals surface area contributed by atoms with Gasteiger partial charge in [0.05, 0.1) is 0 Å². The molecule has 0 aromatic carbocycles. The highest BCUT2D eigenvalue weighted by Crippen LogP contribution is 2.44. The zero-order valence-corrected chi connectivity index (χ0v) is 13.6. The molecule has 2 fully saturated rings. The minimum atomic E-state index is -0.381. The summed E-state index contributed by atoms with van der Waals surface area (Å²) in [7, 11) is 0. The third kappa shape index (κ3) is 5.88. The van der Waals surface area contributed by atoms with Crippen LogP contribution in [0.5, 0.6) is 0 Å². The molecule has 0 bridgehead atoms. The number of nitrogens with zero attached hydrogens (tertiary/aromatic N) is 1. The Bertz CT molecular complexity index is 378. The van der Waals surface area contributed by atoms with E-state index in [4.69, 9.17) is 14.3 Å². The molecule has 1 amide bonds. The lowest BCUT2D eigenvalue weighted by molar-refractivity contribution is -0.191. The molecule has 1 heterocycles. The quantitative estimate of drug-likeness (QED) is 0.785. The highest BCUT2D eigenvalue weighted by Gasteiger charge is 2.40. The second kappa shape index (κ2) is 7.60. The maximum absolute atomic E-state index is 12.1. The van der Waals surface area contributed by atoms with Gasteiger partial charge in [-0.05, 0) is 57.8 Å². The van der Waals surface area contributed by atoms with Crippen molar-refractivity contribution >= 4 is 12.2 Å². The van der Waals surface area contributed by atoms with Crippen LogP contribution in [-0.4, -0.2) is 35.8 Å². The van der Waals surface area contributed by atoms with Crippen molar-refractivity contribution in [1.29, 1.82) is 0 Å². The van der Waals surface area contributed by atoms with Crippen molar-refractivity contribution in [3.8, 4) is 0 Å². The molecule has 0 aromatic rings. The molecule has 0 spiro atoms. The predicted octanol–water partition coefficient (Wildman–Crippen LogP) is 3.10. The van der Waals surface area contributed by atoms with Gasteiger partial charge in [-0.2, -0.15) is 9.59 Å². The maximum atomic E-state index is 12.1. The van der Waals surface area contributed by atoms with Gasteiger partial charge in [-0.25, -0.2) is 4.79 Å². The smallest absolute Gasteiger partial charge is 0.410 e. The first-order valence-corrected chi connectivity index (χ1v) is 7.79. The third-order valence-electron chi connectivity index (χ3n) is 4.21. The summed E-state index contributed by atoms with van der Waals surface area (Å²) in [5.74, 6) is 2.41. The number of piperidine rings is 1. The van der Waals surface area contributed by atoms with Gasteiger partial charge in [0.15, 0.2) is 0 Å². The Morgan fingerprint density at radius 3 is 2.24 bits per heavy atom. The largest absolute Gasteiger partial charge is 0.444 e. The number of likely N-dealkylation sites (tertiary alicyclic amines) is 1. The number of hydrogen-bond donors (Lipinski definition) is 0. The van der Waals surface area contributed by atoms with Crippen LogP contribution in [0.3, 0.4) is 0 Å². The van der Waals surface area contributed by atoms with Gasteiger partial charge >= 0.3 is 12.2 Å². The van der Waals surface area contributed by atoms with Gasteiger partial charge in [0.25, 0.3) is 0 Å². The summed E-state index contributed by atoms with van der Waals surface area (Å²) in [5, 5.41) is 0. The van der Waals surface area contributed by atoms with E-state index in [2.05, 4.69) is 6.92 Å². The second-order valence-electron chi connectivity index (χ2n) is 6.97. The van der Waals surface area contributed by atoms with Crippen LogP contribution in [0.2, 0.25) is 0 Å². The standard InChI is InChI=1S/C15H27NO2.CO2/c1-5-11-8-9-16(10-13(11)12-6-7-12)14(17)18-15(2,3)4;2-1-3/h11-13H,5-10H2,1-4H3;. The summed E-state index contributed by atoms with van der Waals surface area (Å²) in [6.45, 7) is 9.87. The zero-order chi connectivity index (χ0) is 16.0. The van der Waals surface area contributed by atoms with Gasteiger partial charge in [-0.15, -0.1) is 0 Å². The minimum Gasteiger partial charge on any atom is -0.444 e. The molecule has 1 aliphatic heterocycles. The van der Waals surface area contributed by atoms with E-state index in [1.165, 1.54) is 19.3 Å². The summed E-state index contributed by atoms with van der Waals surface area (Å²) >= 11 is 0. The minimum absolute atomic E-state index is 0.122. The van der Waals surface area contributed by atoms with E-state index in [1.807, 2.05) is 25.7 Å². The molecular weight excluding hydrogens is 270 g/mol. The molecule has 0 N–H and O–H groups in total. The van der Waals surface area contributed by atoms with E-state index in [9.17, 15) is 4.79 Å². The first-order valence-electron chi connectivity index (χ1n) is 7.79. The van der Waals surface area contributed by atoms with E-state index in [0.29, 0.717) is 0 Å². The fourth-order valence-electron chi connectivity index (χ4n) is 3.09. The lowest BCUT2D eigenvalue weighted by Crippen LogP contribution is -2.46. The summed E-state index contributed by atoms with van der Waals surface area (Å²) in [5.41, 5.74) is -0.381. The van der Waals surface area contributed by atoms with Crippen LogP contribution in [0.15, 0.2) is 0 Å². The van der Waals surface area contributed by atoms with Crippen molar-refractivity contribution in [1.82, 2.24) is 4.90 Å². The molecule has 2 rings (SSSR count). The number of amides is 1. The van der Waals surface area contributed by atoms with Crippen molar-refractivity contribution in [2.24, 2.45) is 17.8 Å². The maximum Gasteiger partial charge on any atom is 0.410 e. The number of carbonyl (C=O) groups excluding carboxylic acids is 3. The average Bonchev–Trinajstić information content (AvgIpc) is 3.21. The normalized spacial score (nSPS) is 25.4. The number of hydrogen-bond acceptors (Lipinski definition) is 4. The lowest BCUT2D eigenvalue weighted by atomic mass is 9.80. The van der Waals surface area contributed by atoms with Crippen LogP contribution in [0.25, 0.3) is 0 Å². The van der Waals surface area contributed by atoms with Crippen LogP contribution in [0, 0.1) is 17.8 Å². The first-order chi connectivity index (χ1) is 9.82. The van der Waals surface area contributed by atoms with Gasteiger partial charge < -0.3 is 9.64 Å². The highest BCUT2D eigenvalue weighted by atomic mass is 16.6. The summed E-state index contributed by atoms with van der Waals surface area (Å²) < 4.78 is 5.48. The Morgan fingerprint density at radius 2 is 1.81 bits per heavy atom. The van der Waals surface area contributed by atoms with Gasteiger partial charge in [-0.1, -0.05) is 13.3 Å². The van der Waals surface area contributed by atoms with E-state index < -0.39 is 0 Å². The third-order valence-corrected chi connectivity index (χ3v) is 4.21. The van der Waals surface area contributed by atoms with Crippen molar-refractivity contribution in [3.63, 3.8) is 0 Å². The summed E-state index contributed by atoms with van der Waals surface area (Å²) in [6, 6.07) is 0. The molecule has 120 valence electrons. The lowest BCUT2D eigenvalue weighted by Gasteiger charge is -2.39.